The average molecular weight is 543 g/mol. The fraction of sp³-hybridized carbons (Fsp3) is 0.229. The molecule has 0 unspecified atom stereocenters. The van der Waals surface area contributed by atoms with E-state index in [1.54, 1.807) is 9.91 Å². The molecule has 0 spiro atoms. The predicted molar refractivity (Wildman–Crippen MR) is 164 cm³/mol. The number of benzene rings is 4. The minimum absolute atomic E-state index is 0.0836. The van der Waals surface area contributed by atoms with Crippen LogP contribution in [0.5, 0.6) is 0 Å². The van der Waals surface area contributed by atoms with E-state index in [-0.39, 0.29) is 11.9 Å². The molecule has 0 bridgehead atoms. The number of hydrogen-bond acceptors (Lipinski definition) is 3. The summed E-state index contributed by atoms with van der Waals surface area (Å²) in [6, 6.07) is 35.1. The Balaban J connectivity index is 1.33. The van der Waals surface area contributed by atoms with E-state index in [9.17, 15) is 9.59 Å². The van der Waals surface area contributed by atoms with Crippen LogP contribution in [0.25, 0.3) is 0 Å². The van der Waals surface area contributed by atoms with E-state index < -0.39 is 0 Å². The Morgan fingerprint density at radius 2 is 1.39 bits per heavy atom. The summed E-state index contributed by atoms with van der Waals surface area (Å²) < 4.78 is 0. The molecule has 1 aliphatic heterocycles. The molecule has 206 valence electrons. The average Bonchev–Trinajstić information content (AvgIpc) is 3.13. The summed E-state index contributed by atoms with van der Waals surface area (Å²) in [5.41, 5.74) is 6.22. The first-order chi connectivity index (χ1) is 20.2. The zero-order chi connectivity index (χ0) is 28.0. The van der Waals surface area contributed by atoms with Crippen molar-refractivity contribution in [3.63, 3.8) is 0 Å². The van der Waals surface area contributed by atoms with Gasteiger partial charge < -0.3 is 5.32 Å². The zero-order valence-corrected chi connectivity index (χ0v) is 23.1. The molecule has 4 aromatic rings. The Labute approximate surface area is 241 Å². The van der Waals surface area contributed by atoms with Gasteiger partial charge in [-0.3, -0.25) is 9.69 Å². The first kappa shape index (κ1) is 26.5. The highest BCUT2D eigenvalue weighted by Gasteiger charge is 2.34. The smallest absolute Gasteiger partial charge is 0.326 e. The van der Waals surface area contributed by atoms with Crippen molar-refractivity contribution in [2.24, 2.45) is 11.0 Å². The van der Waals surface area contributed by atoms with Crippen LogP contribution in [-0.2, 0) is 17.8 Å². The van der Waals surface area contributed by atoms with Gasteiger partial charge in [0.1, 0.15) is 0 Å². The summed E-state index contributed by atoms with van der Waals surface area (Å²) in [4.78, 5) is 28.7. The van der Waals surface area contributed by atoms with Gasteiger partial charge in [-0.2, -0.15) is 5.10 Å². The van der Waals surface area contributed by atoms with Crippen LogP contribution in [-0.4, -0.2) is 22.7 Å². The summed E-state index contributed by atoms with van der Waals surface area (Å²) in [6.07, 6.45) is 6.07. The molecule has 2 aliphatic rings. The van der Waals surface area contributed by atoms with Gasteiger partial charge in [0, 0.05) is 17.2 Å². The predicted octanol–water partition coefficient (Wildman–Crippen LogP) is 7.93. The monoisotopic (exact) mass is 542 g/mol. The quantitative estimate of drug-likeness (QED) is 0.258. The molecule has 4 aromatic carbocycles. The van der Waals surface area contributed by atoms with Crippen LogP contribution in [0, 0.1) is 5.92 Å². The van der Waals surface area contributed by atoms with Gasteiger partial charge >= 0.3 is 6.03 Å². The molecule has 0 saturated heterocycles. The minimum Gasteiger partial charge on any atom is -0.326 e. The van der Waals surface area contributed by atoms with E-state index in [0.29, 0.717) is 24.6 Å². The van der Waals surface area contributed by atoms with Crippen molar-refractivity contribution in [3.8, 4) is 0 Å². The number of para-hydroxylation sites is 1. The van der Waals surface area contributed by atoms with Gasteiger partial charge in [0.05, 0.1) is 30.1 Å². The fourth-order valence-electron chi connectivity index (χ4n) is 5.80. The maximum absolute atomic E-state index is 14.3. The second-order valence-electron chi connectivity index (χ2n) is 10.8. The number of hydrogen-bond donors (Lipinski definition) is 1. The third-order valence-electron chi connectivity index (χ3n) is 7.85. The lowest BCUT2D eigenvalue weighted by atomic mass is 9.83. The summed E-state index contributed by atoms with van der Waals surface area (Å²) in [6.45, 7) is 0.383. The molecule has 3 amide bonds. The van der Waals surface area contributed by atoms with Crippen molar-refractivity contribution < 1.29 is 9.59 Å². The Bertz CT molecular complexity index is 1530. The number of nitrogens with one attached hydrogen (secondary N) is 1. The molecule has 6 heteroatoms. The zero-order valence-electron chi connectivity index (χ0n) is 23.1. The molecule has 0 aromatic heterocycles. The van der Waals surface area contributed by atoms with Gasteiger partial charge in [-0.05, 0) is 54.3 Å². The van der Waals surface area contributed by atoms with Crippen LogP contribution in [0.1, 0.15) is 48.8 Å². The van der Waals surface area contributed by atoms with Crippen LogP contribution >= 0.6 is 0 Å². The van der Waals surface area contributed by atoms with Crippen molar-refractivity contribution in [2.75, 3.05) is 10.2 Å². The molecule has 6 nitrogen and oxygen atoms in total. The van der Waals surface area contributed by atoms with Crippen LogP contribution in [0.2, 0.25) is 0 Å². The molecule has 1 N–H and O–H groups in total. The second-order valence-corrected chi connectivity index (χ2v) is 10.8. The van der Waals surface area contributed by atoms with E-state index in [2.05, 4.69) is 11.4 Å². The number of carbonyl (C=O) groups is 2. The van der Waals surface area contributed by atoms with E-state index in [1.807, 2.05) is 103 Å². The Morgan fingerprint density at radius 3 is 2.10 bits per heavy atom. The van der Waals surface area contributed by atoms with Crippen LogP contribution in [0.15, 0.2) is 114 Å². The van der Waals surface area contributed by atoms with Gasteiger partial charge in [-0.1, -0.05) is 98.1 Å². The van der Waals surface area contributed by atoms with Crippen LogP contribution in [0.3, 0.4) is 0 Å². The van der Waals surface area contributed by atoms with Crippen LogP contribution < -0.4 is 10.2 Å². The van der Waals surface area contributed by atoms with Gasteiger partial charge in [-0.15, -0.1) is 0 Å². The van der Waals surface area contributed by atoms with Crippen LogP contribution in [0.4, 0.5) is 21.9 Å². The molecule has 0 radical (unpaired) electrons. The Morgan fingerprint density at radius 1 is 0.756 bits per heavy atom. The molecule has 1 saturated carbocycles. The highest BCUT2D eigenvalue weighted by Crippen LogP contribution is 2.38. The molecule has 41 heavy (non-hydrogen) atoms. The van der Waals surface area contributed by atoms with Crippen molar-refractivity contribution in [1.82, 2.24) is 5.01 Å². The molecule has 6 rings (SSSR count). The highest BCUT2D eigenvalue weighted by molar-refractivity contribution is 6.13. The normalized spacial score (nSPS) is 15.6. The highest BCUT2D eigenvalue weighted by atomic mass is 16.2. The SMILES string of the molecule is O=C(Cc1ccccc1)Nc1ccc(N2C(=O)N(Cc3ccccc3)N=C(C3CCCCC3)c3ccccc32)cc1. The maximum Gasteiger partial charge on any atom is 0.349 e. The Hall–Kier alpha value is -4.71. The third-order valence-corrected chi connectivity index (χ3v) is 7.85. The van der Waals surface area contributed by atoms with Crippen molar-refractivity contribution >= 4 is 34.7 Å². The van der Waals surface area contributed by atoms with Gasteiger partial charge in [-0.25, -0.2) is 9.80 Å². The van der Waals surface area contributed by atoms with E-state index in [4.69, 9.17) is 5.10 Å². The number of nitrogens with zero attached hydrogens (tertiary/aromatic N) is 3. The molecule has 0 atom stereocenters. The number of anilines is 3. The number of rotatable bonds is 7. The summed E-state index contributed by atoms with van der Waals surface area (Å²) >= 11 is 0. The van der Waals surface area contributed by atoms with Gasteiger partial charge in [0.2, 0.25) is 5.91 Å². The van der Waals surface area contributed by atoms with E-state index >= 15 is 0 Å². The first-order valence-corrected chi connectivity index (χ1v) is 14.4. The Kier molecular flexibility index (Phi) is 7.90. The number of fused-ring (bicyclic) bond motifs is 1. The number of carbonyl (C=O) groups excluding carboxylic acids is 2. The van der Waals surface area contributed by atoms with Crippen molar-refractivity contribution in [1.29, 1.82) is 0 Å². The third kappa shape index (κ3) is 6.07. The molecular weight excluding hydrogens is 508 g/mol. The standard InChI is InChI=1S/C35H34N4O2/c40-33(24-26-12-4-1-5-13-26)36-29-20-22-30(23-21-29)39-32-19-11-10-18-31(32)34(28-16-8-3-9-17-28)37-38(35(39)41)25-27-14-6-2-7-15-27/h1-2,4-7,10-15,18-23,28H,3,8-9,16-17,24-25H2,(H,36,40). The molecule has 1 heterocycles. The summed E-state index contributed by atoms with van der Waals surface area (Å²) in [7, 11) is 0. The van der Waals surface area contributed by atoms with E-state index in [0.717, 1.165) is 46.6 Å². The number of urea groups is 1. The van der Waals surface area contributed by atoms with Gasteiger partial charge in [0.25, 0.3) is 0 Å². The lowest BCUT2D eigenvalue weighted by molar-refractivity contribution is -0.115. The first-order valence-electron chi connectivity index (χ1n) is 14.4. The molecular formula is C35H34N4O2. The van der Waals surface area contributed by atoms with Gasteiger partial charge in [0.15, 0.2) is 0 Å². The lowest BCUT2D eigenvalue weighted by Gasteiger charge is -2.27. The number of hydrazone groups is 1. The van der Waals surface area contributed by atoms with E-state index in [1.165, 1.54) is 19.3 Å². The topological polar surface area (TPSA) is 65.0 Å². The summed E-state index contributed by atoms with van der Waals surface area (Å²) in [5.74, 6) is 0.234. The van der Waals surface area contributed by atoms with Crippen molar-refractivity contribution in [3.05, 3.63) is 126 Å². The maximum atomic E-state index is 14.3. The van der Waals surface area contributed by atoms with Crippen molar-refractivity contribution in [2.45, 2.75) is 45.1 Å². The summed E-state index contributed by atoms with van der Waals surface area (Å²) in [5, 5.41) is 9.69. The molecule has 1 aliphatic carbocycles. The minimum atomic E-state index is -0.201. The fourth-order valence-corrected chi connectivity index (χ4v) is 5.80. The lowest BCUT2D eigenvalue weighted by Crippen LogP contribution is -2.36. The largest absolute Gasteiger partial charge is 0.349 e. The molecule has 1 fully saturated rings. The second kappa shape index (κ2) is 12.2. The number of amides is 3.